The number of hydrogen-bond donors (Lipinski definition) is 1. The molecule has 1 heterocycles. The molecule has 4 heteroatoms. The van der Waals surface area contributed by atoms with Crippen molar-refractivity contribution in [2.24, 2.45) is 0 Å². The lowest BCUT2D eigenvalue weighted by Crippen LogP contribution is -2.26. The van der Waals surface area contributed by atoms with E-state index in [1.165, 1.54) is 30.6 Å². The molecule has 0 radical (unpaired) electrons. The lowest BCUT2D eigenvalue weighted by Gasteiger charge is -2.12. The average molecular weight is 291 g/mol. The number of rotatable bonds is 4. The molecule has 1 unspecified atom stereocenters. The molecule has 108 valence electrons. The van der Waals surface area contributed by atoms with Crippen LogP contribution in [-0.2, 0) is 9.53 Å². The van der Waals surface area contributed by atoms with Crippen LogP contribution in [0.25, 0.3) is 0 Å². The summed E-state index contributed by atoms with van der Waals surface area (Å²) in [4.78, 5) is 13.2. The second-order valence-corrected chi connectivity index (χ2v) is 6.91. The first kappa shape index (κ1) is 14.0. The van der Waals surface area contributed by atoms with Gasteiger partial charge in [-0.3, -0.25) is 4.79 Å². The van der Waals surface area contributed by atoms with Crippen LogP contribution < -0.4 is 5.32 Å². The smallest absolute Gasteiger partial charge is 0.253 e. The number of nitrogens with one attached hydrogen (secondary N) is 1. The standard InChI is InChI=1S/C16H21NO2S/c18-16(15-6-3-11-19-15)17-12-7-9-14(10-8-12)20-13-4-1-2-5-13/h7-10,13,15H,1-6,11H2,(H,17,18). The summed E-state index contributed by atoms with van der Waals surface area (Å²) in [5.41, 5.74) is 0.862. The molecule has 1 saturated carbocycles. The van der Waals surface area contributed by atoms with E-state index in [2.05, 4.69) is 17.4 Å². The fraction of sp³-hybridized carbons (Fsp3) is 0.562. The number of benzene rings is 1. The fourth-order valence-corrected chi connectivity index (χ4v) is 4.07. The van der Waals surface area contributed by atoms with Crippen LogP contribution in [0.1, 0.15) is 38.5 Å². The van der Waals surface area contributed by atoms with Crippen molar-refractivity contribution in [3.05, 3.63) is 24.3 Å². The van der Waals surface area contributed by atoms with Gasteiger partial charge in [-0.15, -0.1) is 11.8 Å². The molecule has 0 aromatic heterocycles. The Balaban J connectivity index is 1.53. The maximum Gasteiger partial charge on any atom is 0.253 e. The summed E-state index contributed by atoms with van der Waals surface area (Å²) in [5.74, 6) is -0.0151. The SMILES string of the molecule is O=C(Nc1ccc(SC2CCCC2)cc1)C1CCCO1. The molecule has 1 N–H and O–H groups in total. The maximum absolute atomic E-state index is 11.9. The van der Waals surface area contributed by atoms with Crippen molar-refractivity contribution >= 4 is 23.4 Å². The predicted octanol–water partition coefficient (Wildman–Crippen LogP) is 3.84. The van der Waals surface area contributed by atoms with Gasteiger partial charge in [0.1, 0.15) is 6.10 Å². The van der Waals surface area contributed by atoms with Crippen LogP contribution in [0.2, 0.25) is 0 Å². The van der Waals surface area contributed by atoms with Gasteiger partial charge in [0.25, 0.3) is 5.91 Å². The molecule has 0 bridgehead atoms. The number of anilines is 1. The van der Waals surface area contributed by atoms with Gasteiger partial charge in [0, 0.05) is 22.4 Å². The normalized spacial score (nSPS) is 23.1. The molecule has 1 aliphatic carbocycles. The maximum atomic E-state index is 11.9. The number of amides is 1. The Morgan fingerprint density at radius 3 is 2.50 bits per heavy atom. The monoisotopic (exact) mass is 291 g/mol. The highest BCUT2D eigenvalue weighted by Crippen LogP contribution is 2.34. The number of thioether (sulfide) groups is 1. The van der Waals surface area contributed by atoms with Crippen molar-refractivity contribution in [3.63, 3.8) is 0 Å². The Morgan fingerprint density at radius 1 is 1.10 bits per heavy atom. The van der Waals surface area contributed by atoms with Crippen LogP contribution in [0, 0.1) is 0 Å². The Kier molecular flexibility index (Phi) is 4.63. The molecule has 0 spiro atoms. The Labute approximate surface area is 124 Å². The van der Waals surface area contributed by atoms with Crippen LogP contribution in [0.15, 0.2) is 29.2 Å². The Morgan fingerprint density at radius 2 is 1.85 bits per heavy atom. The van der Waals surface area contributed by atoms with Crippen LogP contribution in [-0.4, -0.2) is 23.9 Å². The molecule has 1 amide bonds. The van der Waals surface area contributed by atoms with Crippen molar-refractivity contribution in [1.82, 2.24) is 0 Å². The van der Waals surface area contributed by atoms with Crippen LogP contribution in [0.5, 0.6) is 0 Å². The van der Waals surface area contributed by atoms with E-state index in [0.717, 1.165) is 23.8 Å². The van der Waals surface area contributed by atoms with Crippen molar-refractivity contribution in [2.75, 3.05) is 11.9 Å². The van der Waals surface area contributed by atoms with E-state index < -0.39 is 0 Å². The molecule has 1 aromatic rings. The molecular formula is C16H21NO2S. The van der Waals surface area contributed by atoms with Crippen LogP contribution in [0.3, 0.4) is 0 Å². The highest BCUT2D eigenvalue weighted by atomic mass is 32.2. The number of hydrogen-bond acceptors (Lipinski definition) is 3. The number of ether oxygens (including phenoxy) is 1. The number of carbonyl (C=O) groups is 1. The van der Waals surface area contributed by atoms with Gasteiger partial charge >= 0.3 is 0 Å². The van der Waals surface area contributed by atoms with Crippen molar-refractivity contribution < 1.29 is 9.53 Å². The van der Waals surface area contributed by atoms with E-state index in [1.54, 1.807) is 0 Å². The fourth-order valence-electron chi connectivity index (χ4n) is 2.82. The zero-order chi connectivity index (χ0) is 13.8. The lowest BCUT2D eigenvalue weighted by atomic mass is 10.2. The zero-order valence-corrected chi connectivity index (χ0v) is 12.5. The first-order valence-electron chi connectivity index (χ1n) is 7.50. The quantitative estimate of drug-likeness (QED) is 0.916. The second kappa shape index (κ2) is 6.64. The molecule has 1 aromatic carbocycles. The highest BCUT2D eigenvalue weighted by Gasteiger charge is 2.23. The minimum Gasteiger partial charge on any atom is -0.368 e. The molecule has 2 fully saturated rings. The van der Waals surface area contributed by atoms with Gasteiger partial charge in [0.05, 0.1) is 0 Å². The number of carbonyl (C=O) groups excluding carboxylic acids is 1. The van der Waals surface area contributed by atoms with Gasteiger partial charge in [-0.25, -0.2) is 0 Å². The van der Waals surface area contributed by atoms with Gasteiger partial charge in [-0.1, -0.05) is 12.8 Å². The van der Waals surface area contributed by atoms with Gasteiger partial charge < -0.3 is 10.1 Å². The third kappa shape index (κ3) is 3.55. The first-order valence-corrected chi connectivity index (χ1v) is 8.38. The molecule has 20 heavy (non-hydrogen) atoms. The Hall–Kier alpha value is -1.00. The van der Waals surface area contributed by atoms with E-state index in [1.807, 2.05) is 23.9 Å². The van der Waals surface area contributed by atoms with E-state index in [4.69, 9.17) is 4.74 Å². The first-order chi connectivity index (χ1) is 9.81. The van der Waals surface area contributed by atoms with Crippen molar-refractivity contribution in [1.29, 1.82) is 0 Å². The predicted molar refractivity (Wildman–Crippen MR) is 82.2 cm³/mol. The third-order valence-electron chi connectivity index (χ3n) is 3.95. The Bertz CT molecular complexity index is 448. The van der Waals surface area contributed by atoms with Gasteiger partial charge in [0.15, 0.2) is 0 Å². The van der Waals surface area contributed by atoms with Crippen molar-refractivity contribution in [3.8, 4) is 0 Å². The summed E-state index contributed by atoms with van der Waals surface area (Å²) in [6, 6.07) is 8.19. The van der Waals surface area contributed by atoms with Gasteiger partial charge in [0.2, 0.25) is 0 Å². The van der Waals surface area contributed by atoms with Crippen LogP contribution in [0.4, 0.5) is 5.69 Å². The largest absolute Gasteiger partial charge is 0.368 e. The molecule has 3 rings (SSSR count). The van der Waals surface area contributed by atoms with E-state index >= 15 is 0 Å². The van der Waals surface area contributed by atoms with Crippen LogP contribution >= 0.6 is 11.8 Å². The molecule has 2 aliphatic rings. The highest BCUT2D eigenvalue weighted by molar-refractivity contribution is 8.00. The summed E-state index contributed by atoms with van der Waals surface area (Å²) in [6.07, 6.45) is 6.96. The molecule has 3 nitrogen and oxygen atoms in total. The van der Waals surface area contributed by atoms with E-state index in [9.17, 15) is 4.79 Å². The minimum atomic E-state index is -0.262. The molecular weight excluding hydrogens is 270 g/mol. The lowest BCUT2D eigenvalue weighted by molar-refractivity contribution is -0.124. The summed E-state index contributed by atoms with van der Waals surface area (Å²) in [6.45, 7) is 0.703. The molecule has 1 aliphatic heterocycles. The average Bonchev–Trinajstić information content (AvgIpc) is 3.13. The van der Waals surface area contributed by atoms with Gasteiger partial charge in [-0.2, -0.15) is 0 Å². The third-order valence-corrected chi connectivity index (χ3v) is 5.30. The summed E-state index contributed by atoms with van der Waals surface area (Å²) in [7, 11) is 0. The van der Waals surface area contributed by atoms with E-state index in [-0.39, 0.29) is 12.0 Å². The minimum absolute atomic E-state index is 0.0151. The topological polar surface area (TPSA) is 38.3 Å². The second-order valence-electron chi connectivity index (χ2n) is 5.54. The summed E-state index contributed by atoms with van der Waals surface area (Å²) >= 11 is 1.97. The molecule has 1 atom stereocenters. The molecule has 1 saturated heterocycles. The summed E-state index contributed by atoms with van der Waals surface area (Å²) < 4.78 is 5.38. The zero-order valence-electron chi connectivity index (χ0n) is 11.6. The van der Waals surface area contributed by atoms with Crippen molar-refractivity contribution in [2.45, 2.75) is 54.8 Å². The van der Waals surface area contributed by atoms with Gasteiger partial charge in [-0.05, 0) is 49.9 Å². The van der Waals surface area contributed by atoms with E-state index in [0.29, 0.717) is 6.61 Å². The summed E-state index contributed by atoms with van der Waals surface area (Å²) in [5, 5.41) is 3.71.